The van der Waals surface area contributed by atoms with Gasteiger partial charge in [-0.15, -0.1) is 10.2 Å². The van der Waals surface area contributed by atoms with Crippen LogP contribution in [-0.2, 0) is 11.3 Å². The summed E-state index contributed by atoms with van der Waals surface area (Å²) in [5.41, 5.74) is 7.97. The molecule has 144 valence electrons. The second-order valence-corrected chi connectivity index (χ2v) is 8.23. The third kappa shape index (κ3) is 3.75. The molecule has 0 saturated carbocycles. The zero-order chi connectivity index (χ0) is 19.7. The Labute approximate surface area is 168 Å². The Balaban J connectivity index is 1.57. The third-order valence-corrected chi connectivity index (χ3v) is 6.10. The first-order valence-corrected chi connectivity index (χ1v) is 10.1. The van der Waals surface area contributed by atoms with Crippen LogP contribution in [0.15, 0.2) is 53.7 Å². The van der Waals surface area contributed by atoms with E-state index in [4.69, 9.17) is 0 Å². The Morgan fingerprint density at radius 3 is 2.36 bits per heavy atom. The van der Waals surface area contributed by atoms with Gasteiger partial charge in [0.15, 0.2) is 0 Å². The van der Waals surface area contributed by atoms with E-state index >= 15 is 0 Å². The lowest BCUT2D eigenvalue weighted by molar-refractivity contribution is -0.121. The summed E-state index contributed by atoms with van der Waals surface area (Å²) in [7, 11) is 0. The van der Waals surface area contributed by atoms with Crippen molar-refractivity contribution >= 4 is 17.7 Å². The molecule has 1 aromatic heterocycles. The molecule has 0 saturated heterocycles. The standard InChI is InChI=1S/C21H23N5OS/c1-13-4-8-16(9-5-13)12-22-20(27)19-18(17-10-6-14(2)7-11-17)25-26-15(3)23-24-21(26)28-19/h4-11,18-19,25H,12H2,1-3H3,(H,22,27)/t18-,19-/m0/s1. The van der Waals surface area contributed by atoms with Crippen molar-refractivity contribution in [3.8, 4) is 0 Å². The monoisotopic (exact) mass is 393 g/mol. The summed E-state index contributed by atoms with van der Waals surface area (Å²) in [6.07, 6.45) is 0. The van der Waals surface area contributed by atoms with Crippen LogP contribution < -0.4 is 10.7 Å². The SMILES string of the molecule is Cc1ccc(CNC(=O)[C@H]2Sc3nnc(C)n3N[C@H]2c2ccc(C)cc2)cc1. The second-order valence-electron chi connectivity index (χ2n) is 7.12. The first-order valence-electron chi connectivity index (χ1n) is 9.26. The van der Waals surface area contributed by atoms with E-state index in [9.17, 15) is 4.79 Å². The number of hydrogen-bond acceptors (Lipinski definition) is 5. The van der Waals surface area contributed by atoms with Crippen molar-refractivity contribution in [2.24, 2.45) is 0 Å². The first-order chi connectivity index (χ1) is 13.5. The molecule has 0 fully saturated rings. The van der Waals surface area contributed by atoms with E-state index in [1.165, 1.54) is 22.9 Å². The number of carbonyl (C=O) groups is 1. The molecule has 6 nitrogen and oxygen atoms in total. The van der Waals surface area contributed by atoms with Crippen LogP contribution in [0.2, 0.25) is 0 Å². The smallest absolute Gasteiger partial charge is 0.236 e. The van der Waals surface area contributed by atoms with Crippen molar-refractivity contribution in [2.75, 3.05) is 5.43 Å². The lowest BCUT2D eigenvalue weighted by atomic mass is 10.0. The van der Waals surface area contributed by atoms with Crippen molar-refractivity contribution in [2.45, 2.75) is 43.8 Å². The minimum Gasteiger partial charge on any atom is -0.351 e. The van der Waals surface area contributed by atoms with Crippen molar-refractivity contribution in [3.63, 3.8) is 0 Å². The molecule has 0 radical (unpaired) electrons. The summed E-state index contributed by atoms with van der Waals surface area (Å²) in [6.45, 7) is 6.51. The van der Waals surface area contributed by atoms with Gasteiger partial charge < -0.3 is 10.7 Å². The number of rotatable bonds is 4. The topological polar surface area (TPSA) is 71.8 Å². The number of aromatic nitrogens is 3. The number of aryl methyl sites for hydroxylation is 3. The highest BCUT2D eigenvalue weighted by molar-refractivity contribution is 8.00. The average molecular weight is 394 g/mol. The highest BCUT2D eigenvalue weighted by Crippen LogP contribution is 2.37. The fraction of sp³-hybridized carbons (Fsp3) is 0.286. The molecule has 2 heterocycles. The largest absolute Gasteiger partial charge is 0.351 e. The summed E-state index contributed by atoms with van der Waals surface area (Å²) < 4.78 is 1.86. The van der Waals surface area contributed by atoms with Crippen LogP contribution in [0, 0.1) is 20.8 Å². The predicted octanol–water partition coefficient (Wildman–Crippen LogP) is 3.28. The summed E-state index contributed by atoms with van der Waals surface area (Å²) in [6, 6.07) is 16.3. The van der Waals surface area contributed by atoms with Gasteiger partial charge in [-0.05, 0) is 31.9 Å². The summed E-state index contributed by atoms with van der Waals surface area (Å²) in [4.78, 5) is 13.1. The number of hydrogen-bond donors (Lipinski definition) is 2. The molecule has 3 aromatic rings. The molecule has 28 heavy (non-hydrogen) atoms. The van der Waals surface area contributed by atoms with Crippen LogP contribution >= 0.6 is 11.8 Å². The summed E-state index contributed by atoms with van der Waals surface area (Å²) in [5.74, 6) is 0.758. The lowest BCUT2D eigenvalue weighted by Crippen LogP contribution is -2.44. The van der Waals surface area contributed by atoms with Gasteiger partial charge in [-0.3, -0.25) is 4.79 Å². The molecular formula is C21H23N5OS. The van der Waals surface area contributed by atoms with Crippen LogP contribution in [0.3, 0.4) is 0 Å². The van der Waals surface area contributed by atoms with Gasteiger partial charge in [0.05, 0.1) is 6.04 Å². The van der Waals surface area contributed by atoms with Crippen LogP contribution in [0.25, 0.3) is 0 Å². The van der Waals surface area contributed by atoms with Crippen molar-refractivity contribution in [3.05, 3.63) is 76.6 Å². The maximum atomic E-state index is 13.1. The molecule has 1 aliphatic rings. The van der Waals surface area contributed by atoms with Crippen molar-refractivity contribution in [1.29, 1.82) is 0 Å². The average Bonchev–Trinajstić information content (AvgIpc) is 3.07. The molecule has 2 aromatic carbocycles. The van der Waals surface area contributed by atoms with E-state index in [0.717, 1.165) is 17.0 Å². The molecule has 2 atom stereocenters. The third-order valence-electron chi connectivity index (χ3n) is 4.88. The van der Waals surface area contributed by atoms with E-state index in [0.29, 0.717) is 11.7 Å². The van der Waals surface area contributed by atoms with Gasteiger partial charge in [-0.25, -0.2) is 4.68 Å². The highest BCUT2D eigenvalue weighted by Gasteiger charge is 2.37. The second kappa shape index (κ2) is 7.67. The maximum absolute atomic E-state index is 13.1. The number of amides is 1. The zero-order valence-corrected chi connectivity index (χ0v) is 17.0. The van der Waals surface area contributed by atoms with Gasteiger partial charge in [0, 0.05) is 6.54 Å². The van der Waals surface area contributed by atoms with Crippen LogP contribution in [0.1, 0.15) is 34.1 Å². The minimum absolute atomic E-state index is 0.0180. The van der Waals surface area contributed by atoms with Crippen LogP contribution in [-0.4, -0.2) is 26.0 Å². The Morgan fingerprint density at radius 1 is 1.04 bits per heavy atom. The molecule has 1 aliphatic heterocycles. The summed E-state index contributed by atoms with van der Waals surface area (Å²) in [5, 5.41) is 11.8. The van der Waals surface area contributed by atoms with Gasteiger partial charge in [0.2, 0.25) is 11.1 Å². The normalized spacial score (nSPS) is 18.2. The number of thioether (sulfide) groups is 1. The van der Waals surface area contributed by atoms with E-state index in [1.807, 2.05) is 23.7 Å². The number of nitrogens with zero attached hydrogens (tertiary/aromatic N) is 3. The maximum Gasteiger partial charge on any atom is 0.236 e. The molecule has 0 bridgehead atoms. The Kier molecular flexibility index (Phi) is 5.09. The Bertz CT molecular complexity index is 981. The minimum atomic E-state index is -0.343. The van der Waals surface area contributed by atoms with E-state index in [1.54, 1.807) is 0 Å². The predicted molar refractivity (Wildman–Crippen MR) is 111 cm³/mol. The van der Waals surface area contributed by atoms with Crippen molar-refractivity contribution < 1.29 is 4.79 Å². The molecule has 2 N–H and O–H groups in total. The summed E-state index contributed by atoms with van der Waals surface area (Å²) >= 11 is 1.45. The molecule has 7 heteroatoms. The highest BCUT2D eigenvalue weighted by atomic mass is 32.2. The molecule has 4 rings (SSSR count). The number of benzene rings is 2. The van der Waals surface area contributed by atoms with Gasteiger partial charge in [0.25, 0.3) is 0 Å². The molecule has 1 amide bonds. The Morgan fingerprint density at radius 2 is 1.68 bits per heavy atom. The number of nitrogens with one attached hydrogen (secondary N) is 2. The number of fused-ring (bicyclic) bond motifs is 1. The molecule has 0 spiro atoms. The van der Waals surface area contributed by atoms with Crippen molar-refractivity contribution in [1.82, 2.24) is 20.2 Å². The fourth-order valence-corrected chi connectivity index (χ4v) is 4.33. The van der Waals surface area contributed by atoms with Gasteiger partial charge >= 0.3 is 0 Å². The molecule has 0 unspecified atom stereocenters. The lowest BCUT2D eigenvalue weighted by Gasteiger charge is -2.32. The van der Waals surface area contributed by atoms with Gasteiger partial charge in [-0.2, -0.15) is 0 Å². The molecular weight excluding hydrogens is 370 g/mol. The van der Waals surface area contributed by atoms with Crippen LogP contribution in [0.4, 0.5) is 0 Å². The molecule has 0 aliphatic carbocycles. The fourth-order valence-electron chi connectivity index (χ4n) is 3.18. The first kappa shape index (κ1) is 18.6. The zero-order valence-electron chi connectivity index (χ0n) is 16.1. The van der Waals surface area contributed by atoms with Gasteiger partial charge in [-0.1, -0.05) is 71.4 Å². The van der Waals surface area contributed by atoms with E-state index in [2.05, 4.69) is 71.2 Å². The van der Waals surface area contributed by atoms with E-state index in [-0.39, 0.29) is 17.2 Å². The van der Waals surface area contributed by atoms with Gasteiger partial charge in [0.1, 0.15) is 11.1 Å². The number of carbonyl (C=O) groups excluding carboxylic acids is 1. The quantitative estimate of drug-likeness (QED) is 0.712. The Hall–Kier alpha value is -2.80. The van der Waals surface area contributed by atoms with E-state index < -0.39 is 0 Å². The van der Waals surface area contributed by atoms with Crippen LogP contribution in [0.5, 0.6) is 0 Å².